The molecule has 1 N–H and O–H groups in total. The van der Waals surface area contributed by atoms with E-state index < -0.39 is 0 Å². The molecule has 0 saturated heterocycles. The third kappa shape index (κ3) is 4.62. The normalized spacial score (nSPS) is 13.8. The Hall–Kier alpha value is -0.740. The van der Waals surface area contributed by atoms with E-state index in [4.69, 9.17) is 9.47 Å². The van der Waals surface area contributed by atoms with Gasteiger partial charge in [-0.2, -0.15) is 0 Å². The van der Waals surface area contributed by atoms with Crippen LogP contribution in [0.3, 0.4) is 0 Å². The molecule has 0 fully saturated rings. The van der Waals surface area contributed by atoms with Crippen LogP contribution in [0.4, 0.5) is 0 Å². The van der Waals surface area contributed by atoms with Crippen molar-refractivity contribution in [1.82, 2.24) is 5.32 Å². The van der Waals surface area contributed by atoms with Crippen molar-refractivity contribution in [3.8, 4) is 11.5 Å². The number of halogens is 1. The first kappa shape index (κ1) is 18.3. The zero-order valence-electron chi connectivity index (χ0n) is 13.8. The Labute approximate surface area is 137 Å². The fraction of sp³-hybridized carbons (Fsp3) is 0.647. The van der Waals surface area contributed by atoms with Crippen LogP contribution in [0.25, 0.3) is 0 Å². The molecule has 120 valence electrons. The van der Waals surface area contributed by atoms with Gasteiger partial charge in [0, 0.05) is 11.6 Å². The standard InChI is InChI=1S/C17H28BrNO2/c1-6-8-12(3)16(19-11-7-2)13-9-10-14(20-4)15(18)17(13)21-5/h9-10,12,16,19H,6-8,11H2,1-5H3. The monoisotopic (exact) mass is 357 g/mol. The summed E-state index contributed by atoms with van der Waals surface area (Å²) in [4.78, 5) is 0. The fourth-order valence-corrected chi connectivity index (χ4v) is 3.39. The van der Waals surface area contributed by atoms with Crippen LogP contribution in [0.1, 0.15) is 51.6 Å². The second-order valence-corrected chi connectivity index (χ2v) is 6.20. The summed E-state index contributed by atoms with van der Waals surface area (Å²) in [6, 6.07) is 4.41. The van der Waals surface area contributed by atoms with Crippen molar-refractivity contribution in [3.63, 3.8) is 0 Å². The molecular weight excluding hydrogens is 330 g/mol. The zero-order chi connectivity index (χ0) is 15.8. The van der Waals surface area contributed by atoms with E-state index in [1.807, 2.05) is 6.07 Å². The second kappa shape index (κ2) is 9.31. The molecule has 4 heteroatoms. The number of nitrogens with one attached hydrogen (secondary N) is 1. The van der Waals surface area contributed by atoms with Gasteiger partial charge in [0.05, 0.1) is 14.2 Å². The summed E-state index contributed by atoms with van der Waals surface area (Å²) in [5.74, 6) is 2.22. The molecule has 1 aromatic rings. The smallest absolute Gasteiger partial charge is 0.141 e. The molecule has 0 spiro atoms. The average Bonchev–Trinajstić information content (AvgIpc) is 2.48. The molecule has 0 aromatic heterocycles. The van der Waals surface area contributed by atoms with Gasteiger partial charge in [-0.1, -0.05) is 27.2 Å². The summed E-state index contributed by atoms with van der Waals surface area (Å²) in [6.45, 7) is 7.73. The molecule has 2 atom stereocenters. The Morgan fingerprint density at radius 3 is 2.38 bits per heavy atom. The fourth-order valence-electron chi connectivity index (χ4n) is 2.70. The van der Waals surface area contributed by atoms with Gasteiger partial charge in [-0.3, -0.25) is 0 Å². The van der Waals surface area contributed by atoms with Gasteiger partial charge in [-0.05, 0) is 53.4 Å². The van der Waals surface area contributed by atoms with Crippen molar-refractivity contribution in [2.24, 2.45) is 5.92 Å². The number of benzene rings is 1. The first-order valence-corrected chi connectivity index (χ1v) is 8.53. The van der Waals surface area contributed by atoms with Gasteiger partial charge in [0.2, 0.25) is 0 Å². The second-order valence-electron chi connectivity index (χ2n) is 5.40. The van der Waals surface area contributed by atoms with E-state index in [1.54, 1.807) is 14.2 Å². The minimum atomic E-state index is 0.294. The molecule has 2 unspecified atom stereocenters. The summed E-state index contributed by atoms with van der Waals surface area (Å²) >= 11 is 3.60. The van der Waals surface area contributed by atoms with Gasteiger partial charge in [-0.15, -0.1) is 0 Å². The summed E-state index contributed by atoms with van der Waals surface area (Å²) < 4.78 is 11.9. The summed E-state index contributed by atoms with van der Waals surface area (Å²) in [5, 5.41) is 3.67. The summed E-state index contributed by atoms with van der Waals surface area (Å²) in [7, 11) is 3.39. The van der Waals surface area contributed by atoms with Crippen LogP contribution in [0.5, 0.6) is 11.5 Å². The van der Waals surface area contributed by atoms with Crippen LogP contribution in [0, 0.1) is 5.92 Å². The van der Waals surface area contributed by atoms with Crippen LogP contribution in [-0.2, 0) is 0 Å². The Morgan fingerprint density at radius 1 is 1.14 bits per heavy atom. The molecule has 1 rings (SSSR count). The lowest BCUT2D eigenvalue weighted by Gasteiger charge is -2.28. The summed E-state index contributed by atoms with van der Waals surface area (Å²) in [5.41, 5.74) is 1.19. The van der Waals surface area contributed by atoms with Gasteiger partial charge in [0.15, 0.2) is 0 Å². The van der Waals surface area contributed by atoms with E-state index in [1.165, 1.54) is 18.4 Å². The van der Waals surface area contributed by atoms with Crippen molar-refractivity contribution in [2.75, 3.05) is 20.8 Å². The molecule has 21 heavy (non-hydrogen) atoms. The Morgan fingerprint density at radius 2 is 1.86 bits per heavy atom. The predicted octanol–water partition coefficient (Wildman–Crippen LogP) is 4.94. The van der Waals surface area contributed by atoms with Crippen molar-refractivity contribution in [3.05, 3.63) is 22.2 Å². The number of methoxy groups -OCH3 is 2. The number of ether oxygens (including phenoxy) is 2. The predicted molar refractivity (Wildman–Crippen MR) is 92.4 cm³/mol. The van der Waals surface area contributed by atoms with Crippen LogP contribution in [0.15, 0.2) is 16.6 Å². The molecule has 0 aliphatic rings. The van der Waals surface area contributed by atoms with Crippen LogP contribution in [-0.4, -0.2) is 20.8 Å². The quantitative estimate of drug-likeness (QED) is 0.678. The Bertz CT molecular complexity index is 437. The summed E-state index contributed by atoms with van der Waals surface area (Å²) in [6.07, 6.45) is 3.49. The highest BCUT2D eigenvalue weighted by Crippen LogP contribution is 2.41. The van der Waals surface area contributed by atoms with E-state index >= 15 is 0 Å². The van der Waals surface area contributed by atoms with Gasteiger partial charge >= 0.3 is 0 Å². The van der Waals surface area contributed by atoms with Gasteiger partial charge < -0.3 is 14.8 Å². The highest BCUT2D eigenvalue weighted by atomic mass is 79.9. The number of rotatable bonds is 9. The minimum absolute atomic E-state index is 0.294. The number of hydrogen-bond acceptors (Lipinski definition) is 3. The van der Waals surface area contributed by atoms with E-state index in [0.29, 0.717) is 12.0 Å². The molecule has 0 heterocycles. The average molecular weight is 358 g/mol. The van der Waals surface area contributed by atoms with Crippen molar-refractivity contribution in [1.29, 1.82) is 0 Å². The SMILES string of the molecule is CCCNC(c1ccc(OC)c(Br)c1OC)C(C)CCC. The van der Waals surface area contributed by atoms with Crippen LogP contribution < -0.4 is 14.8 Å². The van der Waals surface area contributed by atoms with Gasteiger partial charge in [0.25, 0.3) is 0 Å². The van der Waals surface area contributed by atoms with Gasteiger partial charge in [0.1, 0.15) is 16.0 Å². The lowest BCUT2D eigenvalue weighted by Crippen LogP contribution is -2.28. The van der Waals surface area contributed by atoms with E-state index in [9.17, 15) is 0 Å². The van der Waals surface area contributed by atoms with Crippen molar-refractivity contribution < 1.29 is 9.47 Å². The maximum absolute atomic E-state index is 5.64. The van der Waals surface area contributed by atoms with Crippen molar-refractivity contribution in [2.45, 2.75) is 46.1 Å². The highest BCUT2D eigenvalue weighted by Gasteiger charge is 2.24. The lowest BCUT2D eigenvalue weighted by atomic mass is 9.90. The molecule has 0 aliphatic carbocycles. The minimum Gasteiger partial charge on any atom is -0.495 e. The third-order valence-electron chi connectivity index (χ3n) is 3.78. The lowest BCUT2D eigenvalue weighted by molar-refractivity contribution is 0.338. The maximum atomic E-state index is 5.64. The first-order chi connectivity index (χ1) is 10.1. The third-order valence-corrected chi connectivity index (χ3v) is 4.53. The molecule has 0 bridgehead atoms. The molecule has 0 saturated carbocycles. The molecule has 3 nitrogen and oxygen atoms in total. The largest absolute Gasteiger partial charge is 0.495 e. The Balaban J connectivity index is 3.19. The van der Waals surface area contributed by atoms with Crippen molar-refractivity contribution >= 4 is 15.9 Å². The highest BCUT2D eigenvalue weighted by molar-refractivity contribution is 9.10. The molecule has 0 aliphatic heterocycles. The van der Waals surface area contributed by atoms with Gasteiger partial charge in [-0.25, -0.2) is 0 Å². The molecule has 0 radical (unpaired) electrons. The van der Waals surface area contributed by atoms with Crippen LogP contribution >= 0.6 is 15.9 Å². The maximum Gasteiger partial charge on any atom is 0.141 e. The topological polar surface area (TPSA) is 30.5 Å². The number of hydrogen-bond donors (Lipinski definition) is 1. The zero-order valence-corrected chi connectivity index (χ0v) is 15.4. The molecular formula is C17H28BrNO2. The molecule has 0 amide bonds. The van der Waals surface area contributed by atoms with E-state index in [-0.39, 0.29) is 0 Å². The van der Waals surface area contributed by atoms with Crippen LogP contribution in [0.2, 0.25) is 0 Å². The molecule has 1 aromatic carbocycles. The first-order valence-electron chi connectivity index (χ1n) is 7.74. The van der Waals surface area contributed by atoms with E-state index in [0.717, 1.165) is 28.9 Å². The Kier molecular flexibility index (Phi) is 8.12. The van der Waals surface area contributed by atoms with E-state index in [2.05, 4.69) is 48.1 Å².